The highest BCUT2D eigenvalue weighted by atomic mass is 35.5. The van der Waals surface area contributed by atoms with Crippen LogP contribution >= 0.6 is 11.6 Å². The first kappa shape index (κ1) is 12.4. The Labute approximate surface area is 105 Å². The molecule has 1 aromatic carbocycles. The first-order valence-corrected chi connectivity index (χ1v) is 5.80. The Bertz CT molecular complexity index is 520. The van der Waals surface area contributed by atoms with E-state index < -0.39 is 0 Å². The number of rotatable bonds is 4. The molecule has 5 heteroatoms. The van der Waals surface area contributed by atoms with Gasteiger partial charge in [-0.1, -0.05) is 11.6 Å². The molecule has 4 nitrogen and oxygen atoms in total. The van der Waals surface area contributed by atoms with Crippen LogP contribution in [0.2, 0.25) is 5.02 Å². The standard InChI is InChI=1S/C12H15ClN2O2/c1-7-3-8(13)4-10-12(7)17-11(15-10)5-9(6-14)16-2/h3-4,9H,5-6,14H2,1-2H3. The molecule has 1 aromatic heterocycles. The number of hydrogen-bond donors (Lipinski definition) is 1. The first-order chi connectivity index (χ1) is 8.13. The quantitative estimate of drug-likeness (QED) is 0.910. The van der Waals surface area contributed by atoms with Crippen molar-refractivity contribution in [2.45, 2.75) is 19.4 Å². The Hall–Kier alpha value is -1.10. The van der Waals surface area contributed by atoms with E-state index in [4.69, 9.17) is 26.5 Å². The molecule has 0 aliphatic rings. The van der Waals surface area contributed by atoms with Crippen LogP contribution in [0.15, 0.2) is 16.5 Å². The third-order valence-electron chi connectivity index (χ3n) is 2.68. The van der Waals surface area contributed by atoms with Crippen molar-refractivity contribution in [3.05, 3.63) is 28.6 Å². The molecule has 92 valence electrons. The maximum atomic E-state index is 5.97. The SMILES string of the molecule is COC(CN)Cc1nc2cc(Cl)cc(C)c2o1. The predicted octanol–water partition coefficient (Wildman–Crippen LogP) is 2.31. The molecule has 0 aliphatic carbocycles. The lowest BCUT2D eigenvalue weighted by Gasteiger charge is -2.09. The van der Waals surface area contributed by atoms with Crippen molar-refractivity contribution in [3.8, 4) is 0 Å². The van der Waals surface area contributed by atoms with Gasteiger partial charge in [-0.25, -0.2) is 4.98 Å². The van der Waals surface area contributed by atoms with Crippen molar-refractivity contribution in [1.82, 2.24) is 4.98 Å². The average Bonchev–Trinajstić information content (AvgIpc) is 2.68. The number of hydrogen-bond acceptors (Lipinski definition) is 4. The highest BCUT2D eigenvalue weighted by Crippen LogP contribution is 2.24. The monoisotopic (exact) mass is 254 g/mol. The van der Waals surface area contributed by atoms with Gasteiger partial charge in [-0.2, -0.15) is 0 Å². The first-order valence-electron chi connectivity index (χ1n) is 5.42. The second-order valence-corrected chi connectivity index (χ2v) is 4.41. The van der Waals surface area contributed by atoms with Gasteiger partial charge >= 0.3 is 0 Å². The third-order valence-corrected chi connectivity index (χ3v) is 2.90. The second kappa shape index (κ2) is 5.04. The van der Waals surface area contributed by atoms with E-state index in [1.54, 1.807) is 13.2 Å². The Morgan fingerprint density at radius 1 is 1.53 bits per heavy atom. The van der Waals surface area contributed by atoms with Gasteiger partial charge in [0.2, 0.25) is 0 Å². The molecule has 1 unspecified atom stereocenters. The highest BCUT2D eigenvalue weighted by molar-refractivity contribution is 6.31. The van der Waals surface area contributed by atoms with Crippen LogP contribution in [0.25, 0.3) is 11.1 Å². The number of halogens is 1. The molecule has 1 atom stereocenters. The molecule has 0 spiro atoms. The maximum Gasteiger partial charge on any atom is 0.198 e. The number of benzene rings is 1. The lowest BCUT2D eigenvalue weighted by atomic mass is 10.2. The van der Waals surface area contributed by atoms with Crippen LogP contribution < -0.4 is 5.73 Å². The van der Waals surface area contributed by atoms with Gasteiger partial charge in [0.1, 0.15) is 5.52 Å². The van der Waals surface area contributed by atoms with Gasteiger partial charge in [0.15, 0.2) is 11.5 Å². The Kier molecular flexibility index (Phi) is 3.66. The fraction of sp³-hybridized carbons (Fsp3) is 0.417. The van der Waals surface area contributed by atoms with E-state index in [-0.39, 0.29) is 6.10 Å². The summed E-state index contributed by atoms with van der Waals surface area (Å²) in [6, 6.07) is 3.65. The van der Waals surface area contributed by atoms with Crippen LogP contribution in [0.4, 0.5) is 0 Å². The summed E-state index contributed by atoms with van der Waals surface area (Å²) in [5.41, 5.74) is 8.09. The van der Waals surface area contributed by atoms with E-state index in [0.717, 1.165) is 16.7 Å². The number of fused-ring (bicyclic) bond motifs is 1. The molecule has 2 aromatic rings. The molecule has 0 saturated carbocycles. The molecule has 2 rings (SSSR count). The lowest BCUT2D eigenvalue weighted by Crippen LogP contribution is -2.24. The maximum absolute atomic E-state index is 5.97. The van der Waals surface area contributed by atoms with Crippen LogP contribution in [0.5, 0.6) is 0 Å². The molecule has 2 N–H and O–H groups in total. The molecule has 17 heavy (non-hydrogen) atoms. The fourth-order valence-corrected chi connectivity index (χ4v) is 2.01. The summed E-state index contributed by atoms with van der Waals surface area (Å²) in [4.78, 5) is 4.38. The van der Waals surface area contributed by atoms with Crippen LogP contribution in [0.1, 0.15) is 11.5 Å². The van der Waals surface area contributed by atoms with Crippen molar-refractivity contribution >= 4 is 22.7 Å². The zero-order valence-corrected chi connectivity index (χ0v) is 10.6. The number of oxazole rings is 1. The number of aryl methyl sites for hydroxylation is 1. The summed E-state index contributed by atoms with van der Waals surface area (Å²) in [6.45, 7) is 2.38. The minimum Gasteiger partial charge on any atom is -0.440 e. The Balaban J connectivity index is 2.34. The van der Waals surface area contributed by atoms with E-state index in [2.05, 4.69) is 4.98 Å². The fourth-order valence-electron chi connectivity index (χ4n) is 1.75. The van der Waals surface area contributed by atoms with Gasteiger partial charge in [0, 0.05) is 18.7 Å². The number of ether oxygens (including phenoxy) is 1. The van der Waals surface area contributed by atoms with Gasteiger partial charge < -0.3 is 14.9 Å². The predicted molar refractivity (Wildman–Crippen MR) is 67.3 cm³/mol. The summed E-state index contributed by atoms with van der Waals surface area (Å²) in [6.07, 6.45) is 0.498. The van der Waals surface area contributed by atoms with E-state index >= 15 is 0 Å². The minimum atomic E-state index is -0.0705. The number of methoxy groups -OCH3 is 1. The summed E-state index contributed by atoms with van der Waals surface area (Å²) in [7, 11) is 1.63. The number of nitrogens with zero attached hydrogens (tertiary/aromatic N) is 1. The largest absolute Gasteiger partial charge is 0.440 e. The molecule has 0 radical (unpaired) electrons. The summed E-state index contributed by atoms with van der Waals surface area (Å²) in [5.74, 6) is 0.627. The number of nitrogens with two attached hydrogens (primary N) is 1. The zero-order valence-electron chi connectivity index (χ0n) is 9.87. The summed E-state index contributed by atoms with van der Waals surface area (Å²) >= 11 is 5.97. The van der Waals surface area contributed by atoms with Crippen molar-refractivity contribution < 1.29 is 9.15 Å². The lowest BCUT2D eigenvalue weighted by molar-refractivity contribution is 0.104. The molecular formula is C12H15ClN2O2. The molecule has 0 aliphatic heterocycles. The Morgan fingerprint density at radius 3 is 2.94 bits per heavy atom. The zero-order chi connectivity index (χ0) is 12.4. The van der Waals surface area contributed by atoms with Gasteiger partial charge in [0.05, 0.1) is 12.5 Å². The van der Waals surface area contributed by atoms with Gasteiger partial charge in [-0.05, 0) is 24.6 Å². The normalized spacial score (nSPS) is 13.2. The van der Waals surface area contributed by atoms with Crippen LogP contribution in [0, 0.1) is 6.92 Å². The highest BCUT2D eigenvalue weighted by Gasteiger charge is 2.13. The van der Waals surface area contributed by atoms with E-state index in [9.17, 15) is 0 Å². The second-order valence-electron chi connectivity index (χ2n) is 3.98. The molecule has 0 bridgehead atoms. The average molecular weight is 255 g/mol. The van der Waals surface area contributed by atoms with Crippen molar-refractivity contribution in [2.75, 3.05) is 13.7 Å². The van der Waals surface area contributed by atoms with Gasteiger partial charge in [-0.15, -0.1) is 0 Å². The van der Waals surface area contributed by atoms with E-state index in [1.165, 1.54) is 0 Å². The van der Waals surface area contributed by atoms with Crippen LogP contribution in [-0.4, -0.2) is 24.7 Å². The van der Waals surface area contributed by atoms with E-state index in [1.807, 2.05) is 13.0 Å². The van der Waals surface area contributed by atoms with Crippen molar-refractivity contribution in [2.24, 2.45) is 5.73 Å². The molecular weight excluding hydrogens is 240 g/mol. The molecule has 1 heterocycles. The summed E-state index contributed by atoms with van der Waals surface area (Å²) < 4.78 is 10.9. The van der Waals surface area contributed by atoms with Gasteiger partial charge in [0.25, 0.3) is 0 Å². The third kappa shape index (κ3) is 2.60. The Morgan fingerprint density at radius 2 is 2.29 bits per heavy atom. The van der Waals surface area contributed by atoms with Crippen molar-refractivity contribution in [1.29, 1.82) is 0 Å². The molecule has 0 saturated heterocycles. The summed E-state index contributed by atoms with van der Waals surface area (Å²) in [5, 5.41) is 0.664. The topological polar surface area (TPSA) is 61.3 Å². The van der Waals surface area contributed by atoms with Gasteiger partial charge in [-0.3, -0.25) is 0 Å². The van der Waals surface area contributed by atoms with Crippen molar-refractivity contribution in [3.63, 3.8) is 0 Å². The minimum absolute atomic E-state index is 0.0705. The van der Waals surface area contributed by atoms with E-state index in [0.29, 0.717) is 23.9 Å². The molecule has 0 fully saturated rings. The number of aromatic nitrogens is 1. The van der Waals surface area contributed by atoms with Crippen LogP contribution in [0.3, 0.4) is 0 Å². The molecule has 0 amide bonds. The van der Waals surface area contributed by atoms with Crippen LogP contribution in [-0.2, 0) is 11.2 Å². The smallest absolute Gasteiger partial charge is 0.198 e.